The second-order valence-electron chi connectivity index (χ2n) is 5.14. The number of para-hydroxylation sites is 1. The molecular weight excluding hydrogens is 308 g/mol. The average molecular weight is 324 g/mol. The van der Waals surface area contributed by atoms with Gasteiger partial charge in [0.25, 0.3) is 0 Å². The van der Waals surface area contributed by atoms with Gasteiger partial charge in [0, 0.05) is 30.6 Å². The molecule has 5 heteroatoms. The molecule has 3 rings (SSSR count). The summed E-state index contributed by atoms with van der Waals surface area (Å²) in [5, 5.41) is 3.19. The number of hydrogen-bond donors (Lipinski definition) is 0. The zero-order valence-corrected chi connectivity index (χ0v) is 13.7. The number of hydrazine groups is 1. The number of carbonyl (C=O) groups is 2. The largest absolute Gasteiger partial charge is 0.288 e. The number of hydrogen-bond acceptors (Lipinski definition) is 4. The van der Waals surface area contributed by atoms with Gasteiger partial charge in [-0.05, 0) is 24.3 Å². The van der Waals surface area contributed by atoms with Crippen LogP contribution >= 0.6 is 11.8 Å². The lowest BCUT2D eigenvalue weighted by Crippen LogP contribution is -2.39. The Bertz CT molecular complexity index is 787. The van der Waals surface area contributed by atoms with Crippen molar-refractivity contribution in [3.8, 4) is 0 Å². The molecule has 0 atom stereocenters. The SMILES string of the molecule is CC(=O)N(C=C1Sc2ccccc2C1=O)N(C)c1ccccc1. The zero-order chi connectivity index (χ0) is 16.4. The Labute approximate surface area is 139 Å². The molecule has 1 aliphatic heterocycles. The molecule has 0 bridgehead atoms. The number of rotatable bonds is 3. The number of Topliss-reactive ketones (excluding diaryl/α,β-unsaturated/α-hetero) is 1. The third kappa shape index (κ3) is 3.00. The van der Waals surface area contributed by atoms with Crippen molar-refractivity contribution in [2.45, 2.75) is 11.8 Å². The summed E-state index contributed by atoms with van der Waals surface area (Å²) < 4.78 is 0. The van der Waals surface area contributed by atoms with E-state index in [-0.39, 0.29) is 11.7 Å². The van der Waals surface area contributed by atoms with Crippen LogP contribution in [0.5, 0.6) is 0 Å². The number of carbonyl (C=O) groups excluding carboxylic acids is 2. The molecular formula is C18H16N2O2S. The molecule has 2 aromatic rings. The maximum absolute atomic E-state index is 12.5. The zero-order valence-electron chi connectivity index (χ0n) is 12.9. The van der Waals surface area contributed by atoms with E-state index in [1.54, 1.807) is 18.3 Å². The fourth-order valence-electron chi connectivity index (χ4n) is 2.39. The highest BCUT2D eigenvalue weighted by molar-refractivity contribution is 8.04. The molecule has 0 spiro atoms. The van der Waals surface area contributed by atoms with Crippen molar-refractivity contribution >= 4 is 29.1 Å². The van der Waals surface area contributed by atoms with E-state index in [1.807, 2.05) is 54.6 Å². The van der Waals surface area contributed by atoms with Crippen molar-refractivity contribution < 1.29 is 9.59 Å². The number of benzene rings is 2. The van der Waals surface area contributed by atoms with Gasteiger partial charge in [-0.2, -0.15) is 0 Å². The van der Waals surface area contributed by atoms with Gasteiger partial charge in [-0.25, -0.2) is 5.01 Å². The number of nitrogens with zero attached hydrogens (tertiary/aromatic N) is 2. The highest BCUT2D eigenvalue weighted by atomic mass is 32.2. The molecule has 2 aromatic carbocycles. The Morgan fingerprint density at radius 2 is 1.70 bits per heavy atom. The lowest BCUT2D eigenvalue weighted by atomic mass is 10.1. The molecule has 0 unspecified atom stereocenters. The summed E-state index contributed by atoms with van der Waals surface area (Å²) in [5.74, 6) is -0.202. The van der Waals surface area contributed by atoms with Crippen LogP contribution in [0.2, 0.25) is 0 Å². The molecule has 0 saturated heterocycles. The van der Waals surface area contributed by atoms with Gasteiger partial charge in [0.05, 0.1) is 10.6 Å². The molecule has 0 fully saturated rings. The minimum Gasteiger partial charge on any atom is -0.288 e. The van der Waals surface area contributed by atoms with Gasteiger partial charge in [0.2, 0.25) is 11.7 Å². The molecule has 4 nitrogen and oxygen atoms in total. The van der Waals surface area contributed by atoms with Crippen LogP contribution in [-0.4, -0.2) is 23.7 Å². The normalized spacial score (nSPS) is 14.7. The van der Waals surface area contributed by atoms with Crippen LogP contribution < -0.4 is 5.01 Å². The van der Waals surface area contributed by atoms with E-state index in [2.05, 4.69) is 0 Å². The minimum atomic E-state index is -0.159. The fraction of sp³-hybridized carbons (Fsp3) is 0.111. The molecule has 0 aromatic heterocycles. The first-order chi connectivity index (χ1) is 11.1. The first kappa shape index (κ1) is 15.4. The Balaban J connectivity index is 1.92. The van der Waals surface area contributed by atoms with E-state index in [1.165, 1.54) is 23.7 Å². The van der Waals surface area contributed by atoms with Crippen molar-refractivity contribution in [3.63, 3.8) is 0 Å². The second-order valence-corrected chi connectivity index (χ2v) is 6.23. The highest BCUT2D eigenvalue weighted by Crippen LogP contribution is 2.39. The maximum atomic E-state index is 12.5. The van der Waals surface area contributed by atoms with Crippen molar-refractivity contribution in [3.05, 3.63) is 71.3 Å². The van der Waals surface area contributed by atoms with Crippen LogP contribution in [0.4, 0.5) is 5.69 Å². The molecule has 0 saturated carbocycles. The van der Waals surface area contributed by atoms with Gasteiger partial charge in [-0.15, -0.1) is 0 Å². The summed E-state index contributed by atoms with van der Waals surface area (Å²) in [4.78, 5) is 26.0. The van der Waals surface area contributed by atoms with Crippen molar-refractivity contribution in [2.24, 2.45) is 0 Å². The van der Waals surface area contributed by atoms with Gasteiger partial charge in [-0.1, -0.05) is 42.1 Å². The van der Waals surface area contributed by atoms with Crippen LogP contribution in [0.15, 0.2) is 70.6 Å². The van der Waals surface area contributed by atoms with Crippen LogP contribution in [-0.2, 0) is 4.79 Å². The van der Waals surface area contributed by atoms with Gasteiger partial charge in [0.1, 0.15) is 0 Å². The molecule has 0 aliphatic carbocycles. The lowest BCUT2D eigenvalue weighted by molar-refractivity contribution is -0.126. The predicted molar refractivity (Wildman–Crippen MR) is 92.1 cm³/mol. The van der Waals surface area contributed by atoms with E-state index in [9.17, 15) is 9.59 Å². The average Bonchev–Trinajstić information content (AvgIpc) is 2.89. The van der Waals surface area contributed by atoms with E-state index in [4.69, 9.17) is 0 Å². The number of thioether (sulfide) groups is 1. The third-order valence-corrected chi connectivity index (χ3v) is 4.68. The molecule has 23 heavy (non-hydrogen) atoms. The van der Waals surface area contributed by atoms with Crippen LogP contribution in [0.1, 0.15) is 17.3 Å². The number of amides is 1. The van der Waals surface area contributed by atoms with Crippen molar-refractivity contribution in [2.75, 3.05) is 12.1 Å². The predicted octanol–water partition coefficient (Wildman–Crippen LogP) is 3.72. The highest BCUT2D eigenvalue weighted by Gasteiger charge is 2.27. The molecule has 0 N–H and O–H groups in total. The fourth-order valence-corrected chi connectivity index (χ4v) is 3.40. The topological polar surface area (TPSA) is 40.6 Å². The Morgan fingerprint density at radius 3 is 2.35 bits per heavy atom. The first-order valence-electron chi connectivity index (χ1n) is 7.20. The standard InChI is InChI=1S/C18H16N2O2S/c1-13(21)20(19(2)14-8-4-3-5-9-14)12-17-18(22)15-10-6-7-11-16(15)23-17/h3-12H,1-2H3. The third-order valence-electron chi connectivity index (χ3n) is 3.59. The minimum absolute atomic E-state index is 0.0432. The van der Waals surface area contributed by atoms with E-state index in [0.29, 0.717) is 10.5 Å². The first-order valence-corrected chi connectivity index (χ1v) is 8.01. The van der Waals surface area contributed by atoms with Gasteiger partial charge in [0.15, 0.2) is 0 Å². The second kappa shape index (κ2) is 6.30. The smallest absolute Gasteiger partial charge is 0.242 e. The Hall–Kier alpha value is -2.53. The molecule has 1 amide bonds. The van der Waals surface area contributed by atoms with Crippen molar-refractivity contribution in [1.82, 2.24) is 5.01 Å². The van der Waals surface area contributed by atoms with Crippen LogP contribution in [0, 0.1) is 0 Å². The summed E-state index contributed by atoms with van der Waals surface area (Å²) >= 11 is 1.39. The summed E-state index contributed by atoms with van der Waals surface area (Å²) in [6, 6.07) is 17.0. The summed E-state index contributed by atoms with van der Waals surface area (Å²) in [5.41, 5.74) is 1.56. The quantitative estimate of drug-likeness (QED) is 0.637. The van der Waals surface area contributed by atoms with Gasteiger partial charge in [-0.3, -0.25) is 14.6 Å². The summed E-state index contributed by atoms with van der Waals surface area (Å²) in [7, 11) is 1.80. The molecule has 1 aliphatic rings. The van der Waals surface area contributed by atoms with Crippen molar-refractivity contribution in [1.29, 1.82) is 0 Å². The Morgan fingerprint density at radius 1 is 1.04 bits per heavy atom. The van der Waals surface area contributed by atoms with Crippen LogP contribution in [0.3, 0.4) is 0 Å². The van der Waals surface area contributed by atoms with E-state index >= 15 is 0 Å². The van der Waals surface area contributed by atoms with E-state index < -0.39 is 0 Å². The molecule has 0 radical (unpaired) electrons. The van der Waals surface area contributed by atoms with E-state index in [0.717, 1.165) is 10.6 Å². The summed E-state index contributed by atoms with van der Waals surface area (Å²) in [6.45, 7) is 1.48. The number of fused-ring (bicyclic) bond motifs is 1. The number of ketones is 1. The monoisotopic (exact) mass is 324 g/mol. The molecule has 116 valence electrons. The number of allylic oxidation sites excluding steroid dienone is 1. The molecule has 1 heterocycles. The lowest BCUT2D eigenvalue weighted by Gasteiger charge is -2.30. The number of anilines is 1. The van der Waals surface area contributed by atoms with Gasteiger partial charge < -0.3 is 0 Å². The Kier molecular flexibility index (Phi) is 4.21. The van der Waals surface area contributed by atoms with Crippen LogP contribution in [0.25, 0.3) is 0 Å². The summed E-state index contributed by atoms with van der Waals surface area (Å²) in [6.07, 6.45) is 1.61. The maximum Gasteiger partial charge on any atom is 0.242 e. The van der Waals surface area contributed by atoms with Gasteiger partial charge >= 0.3 is 0 Å².